The Morgan fingerprint density at radius 1 is 0.490 bits per heavy atom. The van der Waals surface area contributed by atoms with Gasteiger partial charge in [-0.2, -0.15) is 0 Å². The molecule has 0 saturated carbocycles. The molecule has 0 aliphatic rings. The van der Waals surface area contributed by atoms with E-state index in [1.807, 2.05) is 0 Å². The fourth-order valence-electron chi connectivity index (χ4n) is 6.85. The average Bonchev–Trinajstić information content (AvgIpc) is 3.13. The molecule has 0 aromatic carbocycles. The number of unbranched alkanes of at least 4 members (excludes halogenated alkanes) is 27. The molecule has 4 unspecified atom stereocenters. The van der Waals surface area contributed by atoms with Gasteiger partial charge in [0.15, 0.2) is 0 Å². The van der Waals surface area contributed by atoms with Gasteiger partial charge in [0.2, 0.25) is 5.91 Å². The summed E-state index contributed by atoms with van der Waals surface area (Å²) >= 11 is 0. The van der Waals surface area contributed by atoms with Gasteiger partial charge in [0.1, 0.15) is 12.2 Å². The number of nitrogens with one attached hydrogen (secondary N) is 1. The quantitative estimate of drug-likeness (QED) is 0.0320. The third-order valence-corrected chi connectivity index (χ3v) is 10.4. The Balaban J connectivity index is 3.46. The lowest BCUT2D eigenvalue weighted by Crippen LogP contribution is -2.53. The monoisotopic (exact) mass is 722 g/mol. The van der Waals surface area contributed by atoms with Crippen molar-refractivity contribution in [1.29, 1.82) is 0 Å². The van der Waals surface area contributed by atoms with Crippen LogP contribution in [0.4, 0.5) is 0 Å². The summed E-state index contributed by atoms with van der Waals surface area (Å²) in [7, 11) is 0. The van der Waals surface area contributed by atoms with Crippen molar-refractivity contribution < 1.29 is 25.2 Å². The van der Waals surface area contributed by atoms with Crippen LogP contribution in [0.2, 0.25) is 0 Å². The number of hydrogen-bond donors (Lipinski definition) is 5. The zero-order valence-electron chi connectivity index (χ0n) is 33.9. The number of aliphatic hydroxyl groups excluding tert-OH is 4. The molecule has 0 radical (unpaired) electrons. The second-order valence-electron chi connectivity index (χ2n) is 15.4. The van der Waals surface area contributed by atoms with Gasteiger partial charge in [-0.3, -0.25) is 4.79 Å². The fourth-order valence-corrected chi connectivity index (χ4v) is 6.85. The molecule has 0 aliphatic heterocycles. The maximum absolute atomic E-state index is 12.3. The molecule has 0 aromatic heterocycles. The predicted octanol–water partition coefficient (Wildman–Crippen LogP) is 11.6. The van der Waals surface area contributed by atoms with Crippen molar-refractivity contribution in [2.75, 3.05) is 6.61 Å². The molecule has 5 N–H and O–H groups in total. The van der Waals surface area contributed by atoms with Crippen molar-refractivity contribution in [3.63, 3.8) is 0 Å². The van der Waals surface area contributed by atoms with Crippen LogP contribution in [-0.4, -0.2) is 57.3 Å². The van der Waals surface area contributed by atoms with Crippen molar-refractivity contribution in [2.24, 2.45) is 0 Å². The van der Waals surface area contributed by atoms with E-state index in [0.29, 0.717) is 12.8 Å². The van der Waals surface area contributed by atoms with E-state index in [-0.39, 0.29) is 0 Å². The number of carbonyl (C=O) groups excluding carboxylic acids is 1. The SMILES string of the molecule is CCCCCCCCCCC/C=C\C/C=C\CCCCCCCCCCCCCCCCCCC(O)C(=O)NC(CO)C(O)C(O)CCCCC. The Morgan fingerprint density at radius 3 is 1.25 bits per heavy atom. The van der Waals surface area contributed by atoms with Gasteiger partial charge >= 0.3 is 0 Å². The van der Waals surface area contributed by atoms with Crippen LogP contribution in [0, 0.1) is 0 Å². The van der Waals surface area contributed by atoms with Gasteiger partial charge in [0.05, 0.1) is 18.8 Å². The van der Waals surface area contributed by atoms with Crippen molar-refractivity contribution in [2.45, 2.75) is 250 Å². The molecule has 0 saturated heterocycles. The summed E-state index contributed by atoms with van der Waals surface area (Å²) in [6.07, 6.45) is 46.1. The standard InChI is InChI=1S/C45H87NO5/c1-3-5-7-8-9-10-11-12-13-14-15-16-17-18-19-20-21-22-23-24-25-26-27-28-29-30-31-32-33-34-35-37-39-43(49)45(51)46-41(40-47)44(50)42(48)38-36-6-4-2/h15-16,18-19,41-44,47-50H,3-14,17,20-40H2,1-2H3,(H,46,51)/b16-15-,19-18-. The van der Waals surface area contributed by atoms with Gasteiger partial charge in [-0.15, -0.1) is 0 Å². The van der Waals surface area contributed by atoms with Crippen LogP contribution < -0.4 is 5.32 Å². The van der Waals surface area contributed by atoms with E-state index in [4.69, 9.17) is 0 Å². The number of hydrogen-bond acceptors (Lipinski definition) is 5. The number of allylic oxidation sites excluding steroid dienone is 4. The van der Waals surface area contributed by atoms with E-state index >= 15 is 0 Å². The van der Waals surface area contributed by atoms with Gasteiger partial charge in [0.25, 0.3) is 0 Å². The Bertz CT molecular complexity index is 772. The molecule has 4 atom stereocenters. The molecule has 0 aliphatic carbocycles. The zero-order chi connectivity index (χ0) is 37.5. The molecular formula is C45H87NO5. The van der Waals surface area contributed by atoms with Crippen LogP contribution in [0.15, 0.2) is 24.3 Å². The van der Waals surface area contributed by atoms with E-state index in [2.05, 4.69) is 43.5 Å². The Labute approximate surface area is 316 Å². The Morgan fingerprint density at radius 2 is 0.843 bits per heavy atom. The van der Waals surface area contributed by atoms with E-state index < -0.39 is 36.9 Å². The summed E-state index contributed by atoms with van der Waals surface area (Å²) in [6.45, 7) is 3.86. The zero-order valence-corrected chi connectivity index (χ0v) is 33.9. The van der Waals surface area contributed by atoms with Gasteiger partial charge < -0.3 is 25.7 Å². The van der Waals surface area contributed by atoms with Crippen LogP contribution in [-0.2, 0) is 4.79 Å². The van der Waals surface area contributed by atoms with E-state index in [1.54, 1.807) is 0 Å². The van der Waals surface area contributed by atoms with E-state index in [1.165, 1.54) is 154 Å². The van der Waals surface area contributed by atoms with Crippen LogP contribution in [0.25, 0.3) is 0 Å². The average molecular weight is 722 g/mol. The molecule has 0 aromatic rings. The topological polar surface area (TPSA) is 110 Å². The third kappa shape index (κ3) is 34.3. The smallest absolute Gasteiger partial charge is 0.249 e. The molecule has 6 heteroatoms. The highest BCUT2D eigenvalue weighted by Crippen LogP contribution is 2.16. The van der Waals surface area contributed by atoms with Crippen molar-refractivity contribution in [1.82, 2.24) is 5.32 Å². The highest BCUT2D eigenvalue weighted by molar-refractivity contribution is 5.80. The normalized spacial score (nSPS) is 14.4. The third-order valence-electron chi connectivity index (χ3n) is 10.4. The second-order valence-corrected chi connectivity index (χ2v) is 15.4. The van der Waals surface area contributed by atoms with Gasteiger partial charge in [-0.05, 0) is 44.9 Å². The summed E-state index contributed by atoms with van der Waals surface area (Å²) in [5.74, 6) is -0.592. The first-order valence-corrected chi connectivity index (χ1v) is 22.2. The maximum atomic E-state index is 12.3. The van der Waals surface area contributed by atoms with Gasteiger partial charge in [-0.1, -0.05) is 205 Å². The van der Waals surface area contributed by atoms with E-state index in [9.17, 15) is 25.2 Å². The number of aliphatic hydroxyl groups is 4. The molecular weight excluding hydrogens is 634 g/mol. The number of carbonyl (C=O) groups is 1. The lowest BCUT2D eigenvalue weighted by atomic mass is 10.00. The van der Waals surface area contributed by atoms with Crippen molar-refractivity contribution in [3.8, 4) is 0 Å². The Hall–Kier alpha value is -1.21. The number of rotatable bonds is 40. The van der Waals surface area contributed by atoms with Crippen molar-refractivity contribution >= 4 is 5.91 Å². The molecule has 0 bridgehead atoms. The fraction of sp³-hybridized carbons (Fsp3) is 0.889. The highest BCUT2D eigenvalue weighted by Gasteiger charge is 2.28. The lowest BCUT2D eigenvalue weighted by Gasteiger charge is -2.27. The number of amides is 1. The Kier molecular flexibility index (Phi) is 39.0. The summed E-state index contributed by atoms with van der Waals surface area (Å²) in [6, 6.07) is -0.978. The minimum atomic E-state index is -1.25. The minimum absolute atomic E-state index is 0.369. The van der Waals surface area contributed by atoms with Gasteiger partial charge in [-0.25, -0.2) is 0 Å². The van der Waals surface area contributed by atoms with Crippen LogP contribution in [0.1, 0.15) is 226 Å². The largest absolute Gasteiger partial charge is 0.394 e. The molecule has 51 heavy (non-hydrogen) atoms. The first-order chi connectivity index (χ1) is 25.0. The predicted molar refractivity (Wildman–Crippen MR) is 219 cm³/mol. The highest BCUT2D eigenvalue weighted by atomic mass is 16.3. The summed E-state index contributed by atoms with van der Waals surface area (Å²) in [5.41, 5.74) is 0. The maximum Gasteiger partial charge on any atom is 0.249 e. The molecule has 0 spiro atoms. The van der Waals surface area contributed by atoms with Crippen molar-refractivity contribution in [3.05, 3.63) is 24.3 Å². The molecule has 0 heterocycles. The molecule has 0 rings (SSSR count). The lowest BCUT2D eigenvalue weighted by molar-refractivity contribution is -0.132. The van der Waals surface area contributed by atoms with E-state index in [0.717, 1.165) is 44.9 Å². The molecule has 6 nitrogen and oxygen atoms in total. The molecule has 1 amide bonds. The van der Waals surface area contributed by atoms with Gasteiger partial charge in [0, 0.05) is 0 Å². The van der Waals surface area contributed by atoms with Crippen LogP contribution >= 0.6 is 0 Å². The summed E-state index contributed by atoms with van der Waals surface area (Å²) in [4.78, 5) is 12.3. The minimum Gasteiger partial charge on any atom is -0.394 e. The van der Waals surface area contributed by atoms with Crippen LogP contribution in [0.5, 0.6) is 0 Å². The first-order valence-electron chi connectivity index (χ1n) is 22.2. The first kappa shape index (κ1) is 49.8. The summed E-state index contributed by atoms with van der Waals surface area (Å²) < 4.78 is 0. The summed E-state index contributed by atoms with van der Waals surface area (Å²) in [5, 5.41) is 42.8. The molecule has 302 valence electrons. The second kappa shape index (κ2) is 40.0. The van der Waals surface area contributed by atoms with Crippen LogP contribution in [0.3, 0.4) is 0 Å². The molecule has 0 fully saturated rings.